The molecule has 0 radical (unpaired) electrons. The fourth-order valence-corrected chi connectivity index (χ4v) is 2.22. The van der Waals surface area contributed by atoms with Crippen molar-refractivity contribution in [3.63, 3.8) is 0 Å². The molecule has 1 amide bonds. The van der Waals surface area contributed by atoms with Crippen molar-refractivity contribution in [3.8, 4) is 5.75 Å². The summed E-state index contributed by atoms with van der Waals surface area (Å²) in [4.78, 5) is 11.9. The summed E-state index contributed by atoms with van der Waals surface area (Å²) in [7, 11) is 0. The Kier molecular flexibility index (Phi) is 5.67. The first-order valence-corrected chi connectivity index (χ1v) is 7.49. The number of amides is 1. The lowest BCUT2D eigenvalue weighted by Gasteiger charge is -2.10. The molecular formula is C17H19ClN2O2. The molecule has 5 heteroatoms. The SMILES string of the molecule is CCOc1ccc(NCC(=O)Nc2ccc(C)cc2Cl)cc1. The molecule has 0 aromatic heterocycles. The van der Waals surface area contributed by atoms with Gasteiger partial charge in [-0.05, 0) is 55.8 Å². The van der Waals surface area contributed by atoms with Gasteiger partial charge in [0.1, 0.15) is 5.75 Å². The Balaban J connectivity index is 1.87. The topological polar surface area (TPSA) is 50.4 Å². The maximum atomic E-state index is 11.9. The van der Waals surface area contributed by atoms with Gasteiger partial charge in [-0.2, -0.15) is 0 Å². The molecule has 2 rings (SSSR count). The van der Waals surface area contributed by atoms with Gasteiger partial charge in [-0.1, -0.05) is 17.7 Å². The van der Waals surface area contributed by atoms with Crippen molar-refractivity contribution < 1.29 is 9.53 Å². The number of anilines is 2. The smallest absolute Gasteiger partial charge is 0.243 e. The number of hydrogen-bond donors (Lipinski definition) is 2. The van der Waals surface area contributed by atoms with Gasteiger partial charge in [0.15, 0.2) is 0 Å². The number of halogens is 1. The summed E-state index contributed by atoms with van der Waals surface area (Å²) in [6.07, 6.45) is 0. The summed E-state index contributed by atoms with van der Waals surface area (Å²) in [6.45, 7) is 4.68. The van der Waals surface area contributed by atoms with Crippen LogP contribution in [0.25, 0.3) is 0 Å². The van der Waals surface area contributed by atoms with E-state index in [9.17, 15) is 4.79 Å². The Morgan fingerprint density at radius 1 is 1.18 bits per heavy atom. The van der Waals surface area contributed by atoms with Gasteiger partial charge in [0.05, 0.1) is 23.9 Å². The molecule has 0 saturated carbocycles. The molecule has 0 spiro atoms. The molecule has 0 fully saturated rings. The van der Waals surface area contributed by atoms with E-state index in [-0.39, 0.29) is 12.5 Å². The van der Waals surface area contributed by atoms with Crippen LogP contribution < -0.4 is 15.4 Å². The van der Waals surface area contributed by atoms with Crippen LogP contribution in [0.2, 0.25) is 5.02 Å². The van der Waals surface area contributed by atoms with E-state index in [4.69, 9.17) is 16.3 Å². The normalized spacial score (nSPS) is 10.1. The maximum Gasteiger partial charge on any atom is 0.243 e. The highest BCUT2D eigenvalue weighted by molar-refractivity contribution is 6.33. The van der Waals surface area contributed by atoms with E-state index in [1.165, 1.54) is 0 Å². The van der Waals surface area contributed by atoms with Crippen molar-refractivity contribution in [1.29, 1.82) is 0 Å². The lowest BCUT2D eigenvalue weighted by atomic mass is 10.2. The highest BCUT2D eigenvalue weighted by Gasteiger charge is 2.06. The summed E-state index contributed by atoms with van der Waals surface area (Å²) in [5, 5.41) is 6.37. The Morgan fingerprint density at radius 3 is 2.55 bits per heavy atom. The van der Waals surface area contributed by atoms with Gasteiger partial charge in [0, 0.05) is 5.69 Å². The zero-order valence-corrected chi connectivity index (χ0v) is 13.4. The quantitative estimate of drug-likeness (QED) is 0.843. The number of rotatable bonds is 6. The first kappa shape index (κ1) is 16.2. The van der Waals surface area contributed by atoms with Crippen molar-refractivity contribution in [2.75, 3.05) is 23.8 Å². The molecule has 0 aliphatic heterocycles. The Labute approximate surface area is 135 Å². The van der Waals surface area contributed by atoms with Gasteiger partial charge in [0.2, 0.25) is 5.91 Å². The minimum Gasteiger partial charge on any atom is -0.494 e. The van der Waals surface area contributed by atoms with Crippen LogP contribution in [-0.4, -0.2) is 19.1 Å². The first-order chi connectivity index (χ1) is 10.6. The third-order valence-corrected chi connectivity index (χ3v) is 3.33. The van der Waals surface area contributed by atoms with Gasteiger partial charge in [-0.15, -0.1) is 0 Å². The molecular weight excluding hydrogens is 300 g/mol. The van der Waals surface area contributed by atoms with E-state index in [0.29, 0.717) is 17.3 Å². The summed E-state index contributed by atoms with van der Waals surface area (Å²) < 4.78 is 5.37. The van der Waals surface area contributed by atoms with Gasteiger partial charge in [-0.3, -0.25) is 4.79 Å². The third-order valence-electron chi connectivity index (χ3n) is 3.02. The van der Waals surface area contributed by atoms with Crippen LogP contribution in [0.4, 0.5) is 11.4 Å². The van der Waals surface area contributed by atoms with Crippen LogP contribution in [0.1, 0.15) is 12.5 Å². The van der Waals surface area contributed by atoms with Crippen molar-refractivity contribution in [3.05, 3.63) is 53.1 Å². The van der Waals surface area contributed by atoms with Gasteiger partial charge >= 0.3 is 0 Å². The van der Waals surface area contributed by atoms with Crippen molar-refractivity contribution >= 4 is 28.9 Å². The molecule has 0 saturated heterocycles. The molecule has 2 aromatic carbocycles. The van der Waals surface area contributed by atoms with E-state index in [0.717, 1.165) is 17.0 Å². The van der Waals surface area contributed by atoms with Crippen LogP contribution in [0.3, 0.4) is 0 Å². The molecule has 4 nitrogen and oxygen atoms in total. The second kappa shape index (κ2) is 7.71. The molecule has 0 bridgehead atoms. The molecule has 116 valence electrons. The predicted molar refractivity (Wildman–Crippen MR) is 90.9 cm³/mol. The molecule has 22 heavy (non-hydrogen) atoms. The second-order valence-corrected chi connectivity index (χ2v) is 5.25. The van der Waals surface area contributed by atoms with Crippen LogP contribution in [-0.2, 0) is 4.79 Å². The zero-order chi connectivity index (χ0) is 15.9. The van der Waals surface area contributed by atoms with Crippen LogP contribution in [0, 0.1) is 6.92 Å². The van der Waals surface area contributed by atoms with Crippen molar-refractivity contribution in [2.24, 2.45) is 0 Å². The lowest BCUT2D eigenvalue weighted by molar-refractivity contribution is -0.114. The van der Waals surface area contributed by atoms with Crippen LogP contribution in [0.15, 0.2) is 42.5 Å². The third kappa shape index (κ3) is 4.67. The minimum atomic E-state index is -0.153. The first-order valence-electron chi connectivity index (χ1n) is 7.11. The van der Waals surface area contributed by atoms with E-state index in [1.54, 1.807) is 6.07 Å². The fraction of sp³-hybridized carbons (Fsp3) is 0.235. The van der Waals surface area contributed by atoms with E-state index >= 15 is 0 Å². The number of carbonyl (C=O) groups is 1. The van der Waals surface area contributed by atoms with Gasteiger partial charge in [0.25, 0.3) is 0 Å². The largest absolute Gasteiger partial charge is 0.494 e. The monoisotopic (exact) mass is 318 g/mol. The zero-order valence-electron chi connectivity index (χ0n) is 12.7. The van der Waals surface area contributed by atoms with E-state index < -0.39 is 0 Å². The molecule has 0 aliphatic rings. The van der Waals surface area contributed by atoms with Crippen LogP contribution >= 0.6 is 11.6 Å². The predicted octanol–water partition coefficient (Wildman–Crippen LogP) is 4.10. The second-order valence-electron chi connectivity index (χ2n) is 4.84. The summed E-state index contributed by atoms with van der Waals surface area (Å²) >= 11 is 6.09. The Hall–Kier alpha value is -2.20. The standard InChI is InChI=1S/C17H19ClN2O2/c1-3-22-14-7-5-13(6-8-14)19-11-17(21)20-16-9-4-12(2)10-15(16)18/h4-10,19H,3,11H2,1-2H3,(H,20,21). The average molecular weight is 319 g/mol. The van der Waals surface area contributed by atoms with Gasteiger partial charge in [-0.25, -0.2) is 0 Å². The maximum absolute atomic E-state index is 11.9. The molecule has 0 heterocycles. The number of ether oxygens (including phenoxy) is 1. The number of aryl methyl sites for hydroxylation is 1. The average Bonchev–Trinajstić information content (AvgIpc) is 2.50. The Bertz CT molecular complexity index is 642. The highest BCUT2D eigenvalue weighted by Crippen LogP contribution is 2.22. The molecule has 2 N–H and O–H groups in total. The number of benzene rings is 2. The fourth-order valence-electron chi connectivity index (χ4n) is 1.93. The summed E-state index contributed by atoms with van der Waals surface area (Å²) in [6, 6.07) is 13.0. The van der Waals surface area contributed by atoms with Gasteiger partial charge < -0.3 is 15.4 Å². The molecule has 0 atom stereocenters. The number of carbonyl (C=O) groups excluding carboxylic acids is 1. The summed E-state index contributed by atoms with van der Waals surface area (Å²) in [5.41, 5.74) is 2.52. The Morgan fingerprint density at radius 2 is 1.91 bits per heavy atom. The number of hydrogen-bond acceptors (Lipinski definition) is 3. The summed E-state index contributed by atoms with van der Waals surface area (Å²) in [5.74, 6) is 0.656. The number of nitrogens with one attached hydrogen (secondary N) is 2. The molecule has 0 unspecified atom stereocenters. The minimum absolute atomic E-state index is 0.153. The highest BCUT2D eigenvalue weighted by atomic mass is 35.5. The van der Waals surface area contributed by atoms with Crippen molar-refractivity contribution in [2.45, 2.75) is 13.8 Å². The van der Waals surface area contributed by atoms with Crippen LogP contribution in [0.5, 0.6) is 5.75 Å². The molecule has 0 aliphatic carbocycles. The lowest BCUT2D eigenvalue weighted by Crippen LogP contribution is -2.21. The van der Waals surface area contributed by atoms with Crippen molar-refractivity contribution in [1.82, 2.24) is 0 Å². The molecule has 2 aromatic rings. The van der Waals surface area contributed by atoms with E-state index in [1.807, 2.05) is 50.2 Å². The van der Waals surface area contributed by atoms with E-state index in [2.05, 4.69) is 10.6 Å².